The number of halogens is 2. The van der Waals surface area contributed by atoms with Gasteiger partial charge in [-0.15, -0.1) is 0 Å². The zero-order valence-electron chi connectivity index (χ0n) is 10.8. The van der Waals surface area contributed by atoms with Crippen LogP contribution in [-0.2, 0) is 4.79 Å². The lowest BCUT2D eigenvalue weighted by Gasteiger charge is -2.42. The Balaban J connectivity index is 1.68. The van der Waals surface area contributed by atoms with Crippen molar-refractivity contribution in [3.8, 4) is 0 Å². The first-order valence-corrected chi connectivity index (χ1v) is 7.48. The van der Waals surface area contributed by atoms with Crippen LogP contribution in [0.5, 0.6) is 0 Å². The molecule has 0 unspecified atom stereocenters. The Morgan fingerprint density at radius 3 is 2.67 bits per heavy atom. The molecule has 2 saturated heterocycles. The summed E-state index contributed by atoms with van der Waals surface area (Å²) in [5, 5.41) is 2.84. The van der Waals surface area contributed by atoms with E-state index in [4.69, 9.17) is 11.6 Å². The molecule has 8 heteroatoms. The predicted molar refractivity (Wildman–Crippen MR) is 79.1 cm³/mol. The van der Waals surface area contributed by atoms with Gasteiger partial charge in [0.15, 0.2) is 0 Å². The number of likely N-dealkylation sites (tertiary alicyclic amines) is 1. The molecular weight excluding hydrogens is 362 g/mol. The van der Waals surface area contributed by atoms with Crippen LogP contribution < -0.4 is 5.32 Å². The summed E-state index contributed by atoms with van der Waals surface area (Å²) in [5.74, 6) is -0.456. The van der Waals surface area contributed by atoms with E-state index < -0.39 is 6.03 Å². The van der Waals surface area contributed by atoms with Crippen LogP contribution in [0, 0.1) is 0 Å². The van der Waals surface area contributed by atoms with Crippen LogP contribution in [0.4, 0.5) is 4.79 Å². The average molecular weight is 373 g/mol. The van der Waals surface area contributed by atoms with Crippen molar-refractivity contribution < 1.29 is 14.4 Å². The van der Waals surface area contributed by atoms with E-state index in [0.29, 0.717) is 23.7 Å². The highest BCUT2D eigenvalue weighted by atomic mass is 79.9. The third-order valence-corrected chi connectivity index (χ3v) is 4.37. The Labute approximate surface area is 134 Å². The second-order valence-corrected chi connectivity index (χ2v) is 6.23. The topological polar surface area (TPSA) is 69.7 Å². The van der Waals surface area contributed by atoms with Crippen LogP contribution in [-0.4, -0.2) is 53.3 Å². The summed E-state index contributed by atoms with van der Waals surface area (Å²) >= 11 is 9.33. The highest BCUT2D eigenvalue weighted by Gasteiger charge is 2.43. The van der Waals surface area contributed by atoms with Gasteiger partial charge in [-0.3, -0.25) is 14.5 Å². The van der Waals surface area contributed by atoms with E-state index in [1.165, 1.54) is 4.90 Å². The molecule has 110 valence electrons. The average Bonchev–Trinajstić information content (AvgIpc) is 2.72. The van der Waals surface area contributed by atoms with E-state index in [9.17, 15) is 14.4 Å². The molecule has 1 aromatic rings. The highest BCUT2D eigenvalue weighted by Crippen LogP contribution is 2.26. The summed E-state index contributed by atoms with van der Waals surface area (Å²) in [6, 6.07) is 4.41. The molecule has 21 heavy (non-hydrogen) atoms. The lowest BCUT2D eigenvalue weighted by atomic mass is 10.1. The first kappa shape index (κ1) is 14.3. The Morgan fingerprint density at radius 1 is 1.33 bits per heavy atom. The number of carbonyl (C=O) groups excluding carboxylic acids is 3. The number of imide groups is 1. The fourth-order valence-corrected chi connectivity index (χ4v) is 2.98. The van der Waals surface area contributed by atoms with E-state index in [-0.39, 0.29) is 24.4 Å². The number of carbonyl (C=O) groups is 3. The van der Waals surface area contributed by atoms with Gasteiger partial charge in [-0.25, -0.2) is 4.79 Å². The Hall–Kier alpha value is -1.60. The van der Waals surface area contributed by atoms with E-state index in [1.807, 2.05) is 0 Å². The van der Waals surface area contributed by atoms with Crippen LogP contribution in [0.1, 0.15) is 10.4 Å². The molecule has 0 spiro atoms. The second kappa shape index (κ2) is 5.31. The highest BCUT2D eigenvalue weighted by molar-refractivity contribution is 9.10. The van der Waals surface area contributed by atoms with Gasteiger partial charge in [-0.2, -0.15) is 0 Å². The number of benzene rings is 1. The number of nitrogens with zero attached hydrogens (tertiary/aromatic N) is 2. The van der Waals surface area contributed by atoms with Crippen molar-refractivity contribution in [3.63, 3.8) is 0 Å². The Morgan fingerprint density at radius 2 is 2.05 bits per heavy atom. The predicted octanol–water partition coefficient (Wildman–Crippen LogP) is 1.48. The fraction of sp³-hybridized carbons (Fsp3) is 0.308. The largest absolute Gasteiger partial charge is 0.334 e. The maximum Gasteiger partial charge on any atom is 0.324 e. The van der Waals surface area contributed by atoms with Gasteiger partial charge in [0.2, 0.25) is 5.91 Å². The molecule has 2 heterocycles. The minimum Gasteiger partial charge on any atom is -0.334 e. The van der Waals surface area contributed by atoms with Crippen molar-refractivity contribution in [2.45, 2.75) is 6.04 Å². The molecular formula is C13H11BrClN3O3. The molecule has 0 aliphatic carbocycles. The SMILES string of the molecule is O=C(c1cc(Br)ccc1Cl)N1CC(N2C(=O)CNC2=O)C1. The van der Waals surface area contributed by atoms with Gasteiger partial charge in [-0.05, 0) is 18.2 Å². The van der Waals surface area contributed by atoms with Crippen LogP contribution in [0.25, 0.3) is 0 Å². The third kappa shape index (κ3) is 2.51. The number of urea groups is 1. The zero-order chi connectivity index (χ0) is 15.1. The van der Waals surface area contributed by atoms with Crippen molar-refractivity contribution in [3.05, 3.63) is 33.3 Å². The molecule has 0 aromatic heterocycles. The second-order valence-electron chi connectivity index (χ2n) is 4.91. The molecule has 1 N–H and O–H groups in total. The molecule has 0 saturated carbocycles. The van der Waals surface area contributed by atoms with Crippen LogP contribution in [0.15, 0.2) is 22.7 Å². The smallest absolute Gasteiger partial charge is 0.324 e. The van der Waals surface area contributed by atoms with Crippen molar-refractivity contribution in [2.24, 2.45) is 0 Å². The molecule has 2 fully saturated rings. The van der Waals surface area contributed by atoms with E-state index in [0.717, 1.165) is 4.47 Å². The van der Waals surface area contributed by atoms with Crippen molar-refractivity contribution >= 4 is 45.4 Å². The minimum absolute atomic E-state index is 0.0285. The van der Waals surface area contributed by atoms with Gasteiger partial charge in [0.25, 0.3) is 5.91 Å². The number of amides is 4. The summed E-state index contributed by atoms with van der Waals surface area (Å²) in [6.07, 6.45) is 0. The molecule has 6 nitrogen and oxygen atoms in total. The third-order valence-electron chi connectivity index (χ3n) is 3.55. The van der Waals surface area contributed by atoms with Crippen LogP contribution >= 0.6 is 27.5 Å². The van der Waals surface area contributed by atoms with Gasteiger partial charge in [-0.1, -0.05) is 27.5 Å². The first-order valence-electron chi connectivity index (χ1n) is 6.31. The minimum atomic E-state index is -0.391. The van der Waals surface area contributed by atoms with Crippen LogP contribution in [0.3, 0.4) is 0 Å². The summed E-state index contributed by atoms with van der Waals surface area (Å²) < 4.78 is 0.765. The van der Waals surface area contributed by atoms with E-state index >= 15 is 0 Å². The zero-order valence-corrected chi connectivity index (χ0v) is 13.1. The van der Waals surface area contributed by atoms with Crippen molar-refractivity contribution in [2.75, 3.05) is 19.6 Å². The number of hydrogen-bond acceptors (Lipinski definition) is 3. The fourth-order valence-electron chi connectivity index (χ4n) is 2.42. The van der Waals surface area contributed by atoms with Gasteiger partial charge >= 0.3 is 6.03 Å². The number of hydrogen-bond donors (Lipinski definition) is 1. The molecule has 0 bridgehead atoms. The number of rotatable bonds is 2. The van der Waals surface area contributed by atoms with Crippen molar-refractivity contribution in [1.29, 1.82) is 0 Å². The monoisotopic (exact) mass is 371 g/mol. The molecule has 0 radical (unpaired) electrons. The van der Waals surface area contributed by atoms with E-state index in [2.05, 4.69) is 21.2 Å². The van der Waals surface area contributed by atoms with Crippen molar-refractivity contribution in [1.82, 2.24) is 15.1 Å². The van der Waals surface area contributed by atoms with Gasteiger partial charge in [0.05, 0.1) is 23.2 Å². The Kier molecular flexibility index (Phi) is 3.62. The lowest BCUT2D eigenvalue weighted by molar-refractivity contribution is -0.128. The summed E-state index contributed by atoms with van der Waals surface area (Å²) in [7, 11) is 0. The van der Waals surface area contributed by atoms with Gasteiger partial charge in [0, 0.05) is 17.6 Å². The van der Waals surface area contributed by atoms with Gasteiger partial charge < -0.3 is 10.2 Å². The van der Waals surface area contributed by atoms with Gasteiger partial charge in [0.1, 0.15) is 0 Å². The molecule has 4 amide bonds. The summed E-state index contributed by atoms with van der Waals surface area (Å²) in [4.78, 5) is 38.2. The summed E-state index contributed by atoms with van der Waals surface area (Å²) in [6.45, 7) is 0.697. The maximum absolute atomic E-state index is 12.3. The molecule has 2 aliphatic rings. The standard InChI is InChI=1S/C13H11BrClN3O3/c14-7-1-2-10(15)9(3-7)12(20)17-5-8(6-17)18-11(19)4-16-13(18)21/h1-3,8H,4-6H2,(H,16,21). The molecule has 3 rings (SSSR count). The number of nitrogens with one attached hydrogen (secondary N) is 1. The lowest BCUT2D eigenvalue weighted by Crippen LogP contribution is -2.62. The maximum atomic E-state index is 12.3. The molecule has 1 aromatic carbocycles. The summed E-state index contributed by atoms with van der Waals surface area (Å²) in [5.41, 5.74) is 0.404. The van der Waals surface area contributed by atoms with E-state index in [1.54, 1.807) is 23.1 Å². The first-order chi connectivity index (χ1) is 9.97. The quantitative estimate of drug-likeness (QED) is 0.800. The normalized spacial score (nSPS) is 18.8. The molecule has 2 aliphatic heterocycles. The molecule has 0 atom stereocenters. The Bertz CT molecular complexity index is 630. The van der Waals surface area contributed by atoms with Crippen LogP contribution in [0.2, 0.25) is 5.02 Å².